The number of carbonyl (C=O) groups is 2. The molecule has 2 atom stereocenters. The van der Waals surface area contributed by atoms with Gasteiger partial charge in [-0.25, -0.2) is 0 Å². The van der Waals surface area contributed by atoms with Crippen LogP contribution in [-0.2, 0) is 14.3 Å². The normalized spacial score (nSPS) is 20.5. The van der Waals surface area contributed by atoms with E-state index in [1.165, 1.54) is 18.3 Å². The Hall–Kier alpha value is -2.34. The monoisotopic (exact) mass is 317 g/mol. The van der Waals surface area contributed by atoms with E-state index in [2.05, 4.69) is 0 Å². The molecule has 0 N–H and O–H groups in total. The van der Waals surface area contributed by atoms with E-state index in [4.69, 9.17) is 9.47 Å². The molecule has 1 amide bonds. The molecule has 2 heterocycles. The summed E-state index contributed by atoms with van der Waals surface area (Å²) in [5.41, 5.74) is 0.757. The highest BCUT2D eigenvalue weighted by Gasteiger charge is 2.51. The van der Waals surface area contributed by atoms with Crippen molar-refractivity contribution in [2.24, 2.45) is 0 Å². The van der Waals surface area contributed by atoms with Crippen LogP contribution < -0.4 is 9.64 Å². The van der Waals surface area contributed by atoms with Crippen LogP contribution in [0.1, 0.15) is 17.8 Å². The zero-order valence-electron chi connectivity index (χ0n) is 12.2. The molecule has 1 aromatic heterocycles. The van der Waals surface area contributed by atoms with Crippen molar-refractivity contribution in [3.05, 3.63) is 46.7 Å². The van der Waals surface area contributed by atoms with E-state index in [1.54, 1.807) is 24.1 Å². The second-order valence-electron chi connectivity index (χ2n) is 4.90. The quantitative estimate of drug-likeness (QED) is 0.643. The Bertz CT molecular complexity index is 681. The van der Waals surface area contributed by atoms with Crippen LogP contribution in [0.4, 0.5) is 5.69 Å². The largest absolute Gasteiger partial charge is 0.497 e. The molecule has 22 heavy (non-hydrogen) atoms. The summed E-state index contributed by atoms with van der Waals surface area (Å²) in [6.45, 7) is 1.31. The van der Waals surface area contributed by atoms with E-state index in [0.717, 1.165) is 16.3 Å². The van der Waals surface area contributed by atoms with Crippen LogP contribution >= 0.6 is 11.3 Å². The third-order valence-electron chi connectivity index (χ3n) is 3.52. The number of rotatable bonds is 4. The molecule has 6 heteroatoms. The first-order valence-electron chi connectivity index (χ1n) is 6.79. The summed E-state index contributed by atoms with van der Waals surface area (Å²) in [4.78, 5) is 26.2. The third kappa shape index (κ3) is 2.46. The Kier molecular flexibility index (Phi) is 3.85. The fourth-order valence-corrected chi connectivity index (χ4v) is 3.36. The topological polar surface area (TPSA) is 55.8 Å². The van der Waals surface area contributed by atoms with Crippen LogP contribution in [0.15, 0.2) is 41.8 Å². The number of methoxy groups -OCH3 is 1. The molecule has 1 saturated heterocycles. The lowest BCUT2D eigenvalue weighted by Gasteiger charge is -2.45. The van der Waals surface area contributed by atoms with E-state index in [1.807, 2.05) is 29.6 Å². The van der Waals surface area contributed by atoms with Gasteiger partial charge >= 0.3 is 5.97 Å². The zero-order chi connectivity index (χ0) is 15.7. The van der Waals surface area contributed by atoms with Crippen molar-refractivity contribution in [1.82, 2.24) is 0 Å². The Morgan fingerprint density at radius 1 is 1.23 bits per heavy atom. The van der Waals surface area contributed by atoms with Crippen molar-refractivity contribution >= 4 is 28.9 Å². The van der Waals surface area contributed by atoms with Gasteiger partial charge in [-0.1, -0.05) is 6.07 Å². The average molecular weight is 317 g/mol. The van der Waals surface area contributed by atoms with Gasteiger partial charge in [0, 0.05) is 17.5 Å². The van der Waals surface area contributed by atoms with Crippen LogP contribution in [0.5, 0.6) is 5.75 Å². The van der Waals surface area contributed by atoms with Gasteiger partial charge in [-0.15, -0.1) is 11.3 Å². The van der Waals surface area contributed by atoms with Gasteiger partial charge < -0.3 is 9.47 Å². The third-order valence-corrected chi connectivity index (χ3v) is 4.47. The maximum Gasteiger partial charge on any atom is 0.303 e. The first-order valence-corrected chi connectivity index (χ1v) is 7.67. The van der Waals surface area contributed by atoms with E-state index >= 15 is 0 Å². The summed E-state index contributed by atoms with van der Waals surface area (Å²) in [7, 11) is 1.59. The number of ether oxygens (including phenoxy) is 2. The SMILES string of the molecule is COc1ccc(N2C(=O)[C@@H](OC(C)=O)[C@H]2c2cccs2)cc1. The minimum Gasteiger partial charge on any atom is -0.497 e. The van der Waals surface area contributed by atoms with E-state index in [0.29, 0.717) is 0 Å². The summed E-state index contributed by atoms with van der Waals surface area (Å²) >= 11 is 1.54. The molecule has 0 saturated carbocycles. The van der Waals surface area contributed by atoms with Crippen molar-refractivity contribution in [3.8, 4) is 5.75 Å². The molecule has 0 bridgehead atoms. The molecule has 1 fully saturated rings. The molecular weight excluding hydrogens is 302 g/mol. The van der Waals surface area contributed by atoms with Gasteiger partial charge in [0.1, 0.15) is 11.8 Å². The van der Waals surface area contributed by atoms with Crippen LogP contribution in [0.25, 0.3) is 0 Å². The van der Waals surface area contributed by atoms with E-state index in [9.17, 15) is 9.59 Å². The highest BCUT2D eigenvalue weighted by atomic mass is 32.1. The van der Waals surface area contributed by atoms with Gasteiger partial charge in [-0.3, -0.25) is 14.5 Å². The van der Waals surface area contributed by atoms with Crippen molar-refractivity contribution in [3.63, 3.8) is 0 Å². The average Bonchev–Trinajstić information content (AvgIpc) is 3.03. The smallest absolute Gasteiger partial charge is 0.303 e. The summed E-state index contributed by atoms with van der Waals surface area (Å²) in [5, 5.41) is 1.94. The minimum absolute atomic E-state index is 0.209. The summed E-state index contributed by atoms with van der Waals surface area (Å²) in [6, 6.07) is 10.8. The Labute approximate surface area is 132 Å². The number of benzene rings is 1. The first-order chi connectivity index (χ1) is 10.6. The molecule has 1 aliphatic rings. The number of amides is 1. The van der Waals surface area contributed by atoms with Crippen molar-refractivity contribution in [1.29, 1.82) is 0 Å². The number of nitrogens with zero attached hydrogens (tertiary/aromatic N) is 1. The number of hydrogen-bond donors (Lipinski definition) is 0. The number of carbonyl (C=O) groups excluding carboxylic acids is 2. The highest BCUT2D eigenvalue weighted by molar-refractivity contribution is 7.10. The standard InChI is InChI=1S/C16H15NO4S/c1-10(18)21-15-14(13-4-3-9-22-13)17(16(15)19)11-5-7-12(20-2)8-6-11/h3-9,14-15H,1-2H3/t14-,15+/m1/s1. The number of hydrogen-bond acceptors (Lipinski definition) is 5. The van der Waals surface area contributed by atoms with Gasteiger partial charge in [0.15, 0.2) is 0 Å². The fourth-order valence-electron chi connectivity index (χ4n) is 2.52. The molecular formula is C16H15NO4S. The predicted molar refractivity (Wildman–Crippen MR) is 83.1 cm³/mol. The maximum absolute atomic E-state index is 12.4. The Balaban J connectivity index is 1.91. The minimum atomic E-state index is -0.752. The first kappa shape index (κ1) is 14.6. The van der Waals surface area contributed by atoms with Gasteiger partial charge in [0.25, 0.3) is 5.91 Å². The molecule has 0 aliphatic carbocycles. The molecule has 1 aliphatic heterocycles. The lowest BCUT2D eigenvalue weighted by atomic mass is 9.95. The molecule has 3 rings (SSSR count). The Morgan fingerprint density at radius 3 is 2.50 bits per heavy atom. The van der Waals surface area contributed by atoms with Crippen LogP contribution in [-0.4, -0.2) is 25.1 Å². The van der Waals surface area contributed by atoms with Crippen molar-refractivity contribution in [2.45, 2.75) is 19.1 Å². The highest BCUT2D eigenvalue weighted by Crippen LogP contribution is 2.42. The summed E-state index contributed by atoms with van der Waals surface area (Å²) < 4.78 is 10.3. The second-order valence-corrected chi connectivity index (χ2v) is 5.88. The van der Waals surface area contributed by atoms with E-state index in [-0.39, 0.29) is 11.9 Å². The molecule has 5 nitrogen and oxygen atoms in total. The molecule has 1 aromatic carbocycles. The number of thiophene rings is 1. The number of anilines is 1. The van der Waals surface area contributed by atoms with Crippen LogP contribution in [0.3, 0.4) is 0 Å². The lowest BCUT2D eigenvalue weighted by molar-refractivity contribution is -0.160. The molecule has 114 valence electrons. The van der Waals surface area contributed by atoms with Gasteiger partial charge in [-0.05, 0) is 35.7 Å². The van der Waals surface area contributed by atoms with Crippen LogP contribution in [0.2, 0.25) is 0 Å². The predicted octanol–water partition coefficient (Wildman–Crippen LogP) is 2.78. The molecule has 0 spiro atoms. The lowest BCUT2D eigenvalue weighted by Crippen LogP contribution is -2.60. The number of β-lactam (4-membered cyclic amide) rings is 1. The zero-order valence-corrected chi connectivity index (χ0v) is 13.0. The molecule has 0 radical (unpaired) electrons. The van der Waals surface area contributed by atoms with E-state index < -0.39 is 12.1 Å². The summed E-state index contributed by atoms with van der Waals surface area (Å²) in [5.74, 6) is 0.0639. The van der Waals surface area contributed by atoms with Crippen molar-refractivity contribution in [2.75, 3.05) is 12.0 Å². The molecule has 0 unspecified atom stereocenters. The van der Waals surface area contributed by atoms with Gasteiger partial charge in [0.05, 0.1) is 7.11 Å². The van der Waals surface area contributed by atoms with Crippen molar-refractivity contribution < 1.29 is 19.1 Å². The fraction of sp³-hybridized carbons (Fsp3) is 0.250. The summed E-state index contributed by atoms with van der Waals surface area (Å²) in [6.07, 6.45) is -0.752. The van der Waals surface area contributed by atoms with Gasteiger partial charge in [-0.2, -0.15) is 0 Å². The Morgan fingerprint density at radius 2 is 1.95 bits per heavy atom. The second kappa shape index (κ2) is 5.81. The maximum atomic E-state index is 12.4. The van der Waals surface area contributed by atoms with Gasteiger partial charge in [0.2, 0.25) is 6.10 Å². The van der Waals surface area contributed by atoms with Crippen LogP contribution in [0, 0.1) is 0 Å². The molecule has 2 aromatic rings. The number of esters is 1.